The third kappa shape index (κ3) is 4.18. The average Bonchev–Trinajstić information content (AvgIpc) is 3.33. The molecular weight excluding hydrogens is 370 g/mol. The fraction of sp³-hybridized carbons (Fsp3) is 0.409. The smallest absolute Gasteiger partial charge is 0.289 e. The maximum atomic E-state index is 12.9. The van der Waals surface area contributed by atoms with E-state index in [1.807, 2.05) is 40.1 Å². The van der Waals surface area contributed by atoms with E-state index in [1.54, 1.807) is 17.0 Å². The van der Waals surface area contributed by atoms with Gasteiger partial charge in [-0.15, -0.1) is 0 Å². The second-order valence-corrected chi connectivity index (χ2v) is 7.53. The number of carbonyl (C=O) groups excluding carboxylic acids is 3. The molecular formula is C22H25N3O4. The first-order valence-electron chi connectivity index (χ1n) is 10.1. The highest BCUT2D eigenvalue weighted by atomic mass is 16.3. The number of benzene rings is 1. The number of rotatable bonds is 3. The van der Waals surface area contributed by atoms with E-state index in [4.69, 9.17) is 4.42 Å². The molecule has 7 nitrogen and oxygen atoms in total. The van der Waals surface area contributed by atoms with Crippen LogP contribution in [0.5, 0.6) is 0 Å². The lowest BCUT2D eigenvalue weighted by Gasteiger charge is -2.38. The van der Waals surface area contributed by atoms with Gasteiger partial charge in [0.15, 0.2) is 5.76 Å². The number of amides is 3. The summed E-state index contributed by atoms with van der Waals surface area (Å²) in [4.78, 5) is 43.2. The second kappa shape index (κ2) is 8.51. The number of furan rings is 1. The fourth-order valence-electron chi connectivity index (χ4n) is 4.04. The van der Waals surface area contributed by atoms with Crippen LogP contribution in [0.25, 0.3) is 0 Å². The van der Waals surface area contributed by atoms with Crippen LogP contribution < -0.4 is 0 Å². The van der Waals surface area contributed by atoms with E-state index in [1.165, 1.54) is 6.26 Å². The molecule has 2 saturated heterocycles. The van der Waals surface area contributed by atoms with Gasteiger partial charge in [-0.05, 0) is 37.1 Å². The van der Waals surface area contributed by atoms with Gasteiger partial charge >= 0.3 is 0 Å². The third-order valence-electron chi connectivity index (χ3n) is 5.76. The van der Waals surface area contributed by atoms with E-state index < -0.39 is 0 Å². The normalized spacial score (nSPS) is 18.0. The molecule has 0 saturated carbocycles. The predicted octanol–water partition coefficient (Wildman–Crippen LogP) is 2.12. The summed E-state index contributed by atoms with van der Waals surface area (Å²) in [6, 6.07) is 12.6. The Kier molecular flexibility index (Phi) is 5.64. The van der Waals surface area contributed by atoms with Crippen LogP contribution in [0.2, 0.25) is 0 Å². The second-order valence-electron chi connectivity index (χ2n) is 7.53. The largest absolute Gasteiger partial charge is 0.459 e. The number of likely N-dealkylation sites (tertiary alicyclic amines) is 1. The number of hydrogen-bond acceptors (Lipinski definition) is 4. The summed E-state index contributed by atoms with van der Waals surface area (Å²) in [6.07, 6.45) is 2.85. The molecule has 7 heteroatoms. The van der Waals surface area contributed by atoms with Crippen molar-refractivity contribution in [2.24, 2.45) is 5.92 Å². The summed E-state index contributed by atoms with van der Waals surface area (Å²) >= 11 is 0. The lowest BCUT2D eigenvalue weighted by molar-refractivity contribution is -0.138. The molecule has 1 aromatic heterocycles. The molecule has 0 bridgehead atoms. The van der Waals surface area contributed by atoms with Crippen molar-refractivity contribution in [3.63, 3.8) is 0 Å². The predicted molar refractivity (Wildman–Crippen MR) is 106 cm³/mol. The highest BCUT2D eigenvalue weighted by molar-refractivity contribution is 5.94. The molecule has 1 aromatic carbocycles. The number of piperazine rings is 1. The first-order chi connectivity index (χ1) is 14.1. The monoisotopic (exact) mass is 395 g/mol. The molecule has 4 rings (SSSR count). The number of piperidine rings is 1. The lowest BCUT2D eigenvalue weighted by Crippen LogP contribution is -2.53. The Balaban J connectivity index is 1.26. The van der Waals surface area contributed by atoms with E-state index in [-0.39, 0.29) is 23.6 Å². The van der Waals surface area contributed by atoms with Crippen molar-refractivity contribution < 1.29 is 18.8 Å². The Hall–Kier alpha value is -3.09. The highest BCUT2D eigenvalue weighted by Crippen LogP contribution is 2.22. The highest BCUT2D eigenvalue weighted by Gasteiger charge is 2.33. The number of nitrogens with zero attached hydrogens (tertiary/aromatic N) is 3. The van der Waals surface area contributed by atoms with Crippen LogP contribution >= 0.6 is 0 Å². The minimum absolute atomic E-state index is 0.0292. The van der Waals surface area contributed by atoms with Crippen molar-refractivity contribution in [1.29, 1.82) is 0 Å². The maximum Gasteiger partial charge on any atom is 0.289 e. The Morgan fingerprint density at radius 1 is 0.724 bits per heavy atom. The Bertz CT molecular complexity index is 849. The quantitative estimate of drug-likeness (QED) is 0.798. The molecule has 0 spiro atoms. The summed E-state index contributed by atoms with van der Waals surface area (Å²) in [5, 5.41) is 0. The van der Waals surface area contributed by atoms with E-state index in [2.05, 4.69) is 0 Å². The van der Waals surface area contributed by atoms with Crippen molar-refractivity contribution in [2.45, 2.75) is 12.8 Å². The Morgan fingerprint density at radius 3 is 1.97 bits per heavy atom. The number of hydrogen-bond donors (Lipinski definition) is 0. The van der Waals surface area contributed by atoms with E-state index in [0.29, 0.717) is 63.4 Å². The van der Waals surface area contributed by atoms with Crippen LogP contribution in [0.3, 0.4) is 0 Å². The Morgan fingerprint density at radius 2 is 1.34 bits per heavy atom. The maximum absolute atomic E-state index is 12.9. The zero-order chi connectivity index (χ0) is 20.2. The molecule has 3 amide bonds. The van der Waals surface area contributed by atoms with Crippen LogP contribution in [-0.2, 0) is 4.79 Å². The van der Waals surface area contributed by atoms with Gasteiger partial charge in [-0.2, -0.15) is 0 Å². The molecule has 0 aliphatic carbocycles. The molecule has 2 aliphatic rings. The first-order valence-corrected chi connectivity index (χ1v) is 10.1. The van der Waals surface area contributed by atoms with Gasteiger partial charge in [0.2, 0.25) is 5.91 Å². The van der Waals surface area contributed by atoms with Crippen molar-refractivity contribution >= 4 is 17.7 Å². The molecule has 2 aromatic rings. The molecule has 2 fully saturated rings. The van der Waals surface area contributed by atoms with Gasteiger partial charge in [-0.3, -0.25) is 14.4 Å². The lowest BCUT2D eigenvalue weighted by atomic mass is 9.94. The first kappa shape index (κ1) is 19.2. The van der Waals surface area contributed by atoms with Crippen LogP contribution in [0.15, 0.2) is 53.1 Å². The van der Waals surface area contributed by atoms with Gasteiger partial charge in [0.05, 0.1) is 6.26 Å². The molecule has 2 aliphatic heterocycles. The molecule has 0 atom stereocenters. The summed E-state index contributed by atoms with van der Waals surface area (Å²) in [6.45, 7) is 3.29. The number of carbonyl (C=O) groups is 3. The SMILES string of the molecule is O=C(c1ccccc1)N1CCC(C(=O)N2CCN(C(=O)c3ccco3)CC2)CC1. The van der Waals surface area contributed by atoms with Gasteiger partial charge in [0.1, 0.15) is 0 Å². The van der Waals surface area contributed by atoms with Gasteiger partial charge < -0.3 is 19.1 Å². The van der Waals surface area contributed by atoms with Crippen molar-refractivity contribution in [3.8, 4) is 0 Å². The fourth-order valence-corrected chi connectivity index (χ4v) is 4.04. The van der Waals surface area contributed by atoms with Crippen LogP contribution in [0, 0.1) is 5.92 Å². The Labute approximate surface area is 169 Å². The molecule has 152 valence electrons. The van der Waals surface area contributed by atoms with Crippen LogP contribution in [-0.4, -0.2) is 71.7 Å². The van der Waals surface area contributed by atoms with Gasteiger partial charge in [0.25, 0.3) is 11.8 Å². The van der Waals surface area contributed by atoms with E-state index in [9.17, 15) is 14.4 Å². The minimum Gasteiger partial charge on any atom is -0.459 e. The zero-order valence-electron chi connectivity index (χ0n) is 16.3. The topological polar surface area (TPSA) is 74.1 Å². The van der Waals surface area contributed by atoms with Gasteiger partial charge in [-0.1, -0.05) is 18.2 Å². The molecule has 3 heterocycles. The molecule has 29 heavy (non-hydrogen) atoms. The van der Waals surface area contributed by atoms with Crippen LogP contribution in [0.1, 0.15) is 33.8 Å². The summed E-state index contributed by atoms with van der Waals surface area (Å²) in [5.74, 6) is 0.320. The zero-order valence-corrected chi connectivity index (χ0v) is 16.3. The van der Waals surface area contributed by atoms with Gasteiger partial charge in [-0.25, -0.2) is 0 Å². The molecule has 0 N–H and O–H groups in total. The molecule has 0 unspecified atom stereocenters. The van der Waals surface area contributed by atoms with Crippen LogP contribution in [0.4, 0.5) is 0 Å². The summed E-state index contributed by atoms with van der Waals surface area (Å²) in [7, 11) is 0. The minimum atomic E-state index is -0.130. The third-order valence-corrected chi connectivity index (χ3v) is 5.76. The van der Waals surface area contributed by atoms with Crippen molar-refractivity contribution in [1.82, 2.24) is 14.7 Å². The summed E-state index contributed by atoms with van der Waals surface area (Å²) < 4.78 is 5.18. The van der Waals surface area contributed by atoms with Gasteiger partial charge in [0, 0.05) is 50.7 Å². The molecule has 0 radical (unpaired) electrons. The van der Waals surface area contributed by atoms with Crippen molar-refractivity contribution in [2.75, 3.05) is 39.3 Å². The van der Waals surface area contributed by atoms with Crippen molar-refractivity contribution in [3.05, 3.63) is 60.1 Å². The average molecular weight is 395 g/mol. The summed E-state index contributed by atoms with van der Waals surface area (Å²) in [5.41, 5.74) is 0.689. The van der Waals surface area contributed by atoms with E-state index in [0.717, 1.165) is 0 Å². The standard InChI is InChI=1S/C22H25N3O4/c26-20(17-5-2-1-3-6-17)23-10-8-18(9-11-23)21(27)24-12-14-25(15-13-24)22(28)19-7-4-16-29-19/h1-7,16,18H,8-15H2. The van der Waals surface area contributed by atoms with E-state index >= 15 is 0 Å².